The first-order valence-electron chi connectivity index (χ1n) is 8.68. The Morgan fingerprint density at radius 2 is 1.91 bits per heavy atom. The molecule has 0 spiro atoms. The van der Waals surface area contributed by atoms with E-state index in [2.05, 4.69) is 57.0 Å². The molecule has 0 aliphatic carbocycles. The molecule has 5 heteroatoms. The highest BCUT2D eigenvalue weighted by Crippen LogP contribution is 2.37. The maximum atomic E-state index is 9.26. The van der Waals surface area contributed by atoms with Gasteiger partial charge in [-0.2, -0.15) is 0 Å². The van der Waals surface area contributed by atoms with Crippen LogP contribution in [-0.2, 0) is 11.0 Å². The van der Waals surface area contributed by atoms with Crippen LogP contribution in [0.4, 0.5) is 5.82 Å². The maximum absolute atomic E-state index is 9.26. The lowest BCUT2D eigenvalue weighted by atomic mass is 9.98. The molecule has 0 aromatic carbocycles. The molecule has 1 saturated heterocycles. The van der Waals surface area contributed by atoms with Crippen molar-refractivity contribution in [2.45, 2.75) is 58.4 Å². The van der Waals surface area contributed by atoms with Gasteiger partial charge in [-0.3, -0.25) is 0 Å². The van der Waals surface area contributed by atoms with Crippen LogP contribution in [0.15, 0.2) is 18.2 Å². The van der Waals surface area contributed by atoms with Gasteiger partial charge in [-0.1, -0.05) is 26.8 Å². The van der Waals surface area contributed by atoms with Gasteiger partial charge >= 0.3 is 0 Å². The normalized spacial score (nSPS) is 17.6. The van der Waals surface area contributed by atoms with E-state index in [0.29, 0.717) is 19.1 Å². The monoisotopic (exact) mass is 336 g/mol. The molecular formula is C18H32N2O2Si. The number of hydrogen-bond donors (Lipinski definition) is 1. The zero-order chi connectivity index (χ0) is 17.1. The maximum Gasteiger partial charge on any atom is 0.192 e. The van der Waals surface area contributed by atoms with Crippen LogP contribution in [0.25, 0.3) is 0 Å². The van der Waals surface area contributed by atoms with E-state index in [-0.39, 0.29) is 5.04 Å². The summed E-state index contributed by atoms with van der Waals surface area (Å²) in [7, 11) is -1.74. The van der Waals surface area contributed by atoms with Crippen molar-refractivity contribution < 1.29 is 9.53 Å². The second-order valence-corrected chi connectivity index (χ2v) is 13.0. The summed E-state index contributed by atoms with van der Waals surface area (Å²) < 4.78 is 6.28. The number of aliphatic hydroxyl groups excluding tert-OH is 1. The summed E-state index contributed by atoms with van der Waals surface area (Å²) in [4.78, 5) is 7.11. The van der Waals surface area contributed by atoms with Crippen LogP contribution in [-0.4, -0.2) is 38.1 Å². The van der Waals surface area contributed by atoms with Crippen LogP contribution in [0.2, 0.25) is 18.1 Å². The Labute approximate surface area is 142 Å². The molecule has 1 aliphatic rings. The molecule has 1 aromatic heterocycles. The summed E-state index contributed by atoms with van der Waals surface area (Å²) >= 11 is 0. The third-order valence-corrected chi connectivity index (χ3v) is 9.85. The van der Waals surface area contributed by atoms with Crippen LogP contribution in [0.1, 0.15) is 39.3 Å². The number of nitrogens with zero attached hydrogens (tertiary/aromatic N) is 2. The second-order valence-electron chi connectivity index (χ2n) is 8.15. The summed E-state index contributed by atoms with van der Waals surface area (Å²) in [6.45, 7) is 14.2. The highest BCUT2D eigenvalue weighted by molar-refractivity contribution is 6.74. The first-order chi connectivity index (χ1) is 10.7. The standard InChI is InChI=1S/C18H32N2O2Si/c1-18(2,3)23(4,5)22-14-16-7-6-8-17(19-16)20-11-9-15(13-21)10-12-20/h6-8,15,21H,9-14H2,1-5H3. The van der Waals surface area contributed by atoms with Gasteiger partial charge in [-0.15, -0.1) is 0 Å². The third-order valence-electron chi connectivity index (χ3n) is 5.38. The number of aliphatic hydroxyl groups is 1. The predicted octanol–water partition coefficient (Wildman–Crippen LogP) is 3.81. The number of piperidine rings is 1. The molecule has 23 heavy (non-hydrogen) atoms. The van der Waals surface area contributed by atoms with Gasteiger partial charge in [-0.05, 0) is 49.0 Å². The van der Waals surface area contributed by atoms with E-state index in [9.17, 15) is 5.11 Å². The van der Waals surface area contributed by atoms with Crippen LogP contribution in [0.3, 0.4) is 0 Å². The smallest absolute Gasteiger partial charge is 0.192 e. The number of hydrogen-bond acceptors (Lipinski definition) is 4. The molecule has 1 aliphatic heterocycles. The first-order valence-corrected chi connectivity index (χ1v) is 11.6. The van der Waals surface area contributed by atoms with Crippen LogP contribution >= 0.6 is 0 Å². The van der Waals surface area contributed by atoms with Gasteiger partial charge in [0.25, 0.3) is 0 Å². The lowest BCUT2D eigenvalue weighted by Crippen LogP contribution is -2.40. The highest BCUT2D eigenvalue weighted by atomic mass is 28.4. The number of anilines is 1. The molecule has 2 rings (SSSR count). The fourth-order valence-corrected chi connectivity index (χ4v) is 3.48. The average Bonchev–Trinajstić information content (AvgIpc) is 2.52. The van der Waals surface area contributed by atoms with E-state index in [1.165, 1.54) is 0 Å². The largest absolute Gasteiger partial charge is 0.411 e. The Balaban J connectivity index is 1.98. The number of pyridine rings is 1. The second kappa shape index (κ2) is 7.32. The molecule has 1 N–H and O–H groups in total. The lowest BCUT2D eigenvalue weighted by Gasteiger charge is -2.36. The SMILES string of the molecule is CC(C)(C)[Si](C)(C)OCc1cccc(N2CCC(CO)CC2)n1. The summed E-state index contributed by atoms with van der Waals surface area (Å²) in [6, 6.07) is 6.21. The van der Waals surface area contributed by atoms with Crippen molar-refractivity contribution in [1.29, 1.82) is 0 Å². The Morgan fingerprint density at radius 3 is 2.48 bits per heavy atom. The average molecular weight is 337 g/mol. The Hall–Kier alpha value is -0.913. The molecule has 2 heterocycles. The first kappa shape index (κ1) is 18.4. The van der Waals surface area contributed by atoms with Crippen molar-refractivity contribution in [1.82, 2.24) is 4.98 Å². The van der Waals surface area contributed by atoms with Gasteiger partial charge in [0.15, 0.2) is 8.32 Å². The molecular weight excluding hydrogens is 304 g/mol. The van der Waals surface area contributed by atoms with Crippen LogP contribution < -0.4 is 4.90 Å². The minimum absolute atomic E-state index is 0.219. The molecule has 1 aromatic rings. The van der Waals surface area contributed by atoms with Crippen molar-refractivity contribution in [3.8, 4) is 0 Å². The molecule has 1 fully saturated rings. The van der Waals surface area contributed by atoms with Gasteiger partial charge in [0.1, 0.15) is 5.82 Å². The third kappa shape index (κ3) is 4.78. The van der Waals surface area contributed by atoms with Crippen LogP contribution in [0.5, 0.6) is 0 Å². The number of aromatic nitrogens is 1. The van der Waals surface area contributed by atoms with Crippen molar-refractivity contribution in [2.24, 2.45) is 5.92 Å². The van der Waals surface area contributed by atoms with E-state index in [1.54, 1.807) is 0 Å². The van der Waals surface area contributed by atoms with Gasteiger partial charge in [0.05, 0.1) is 12.3 Å². The van der Waals surface area contributed by atoms with E-state index in [4.69, 9.17) is 9.41 Å². The molecule has 130 valence electrons. The molecule has 4 nitrogen and oxygen atoms in total. The highest BCUT2D eigenvalue weighted by Gasteiger charge is 2.37. The Bertz CT molecular complexity index is 506. The fraction of sp³-hybridized carbons (Fsp3) is 0.722. The molecule has 0 unspecified atom stereocenters. The van der Waals surface area contributed by atoms with Crippen molar-refractivity contribution in [2.75, 3.05) is 24.6 Å². The van der Waals surface area contributed by atoms with Crippen molar-refractivity contribution >= 4 is 14.1 Å². The summed E-state index contributed by atoms with van der Waals surface area (Å²) in [6.07, 6.45) is 2.09. The lowest BCUT2D eigenvalue weighted by molar-refractivity contribution is 0.202. The fourth-order valence-electron chi connectivity index (χ4n) is 2.54. The quantitative estimate of drug-likeness (QED) is 0.831. The zero-order valence-electron chi connectivity index (χ0n) is 15.3. The van der Waals surface area contributed by atoms with E-state index >= 15 is 0 Å². The summed E-state index contributed by atoms with van der Waals surface area (Å²) in [5.41, 5.74) is 1.01. The Morgan fingerprint density at radius 1 is 1.26 bits per heavy atom. The van der Waals surface area contributed by atoms with Crippen molar-refractivity contribution in [3.63, 3.8) is 0 Å². The van der Waals surface area contributed by atoms with Gasteiger partial charge in [0.2, 0.25) is 0 Å². The molecule has 0 bridgehead atoms. The van der Waals surface area contributed by atoms with Crippen molar-refractivity contribution in [3.05, 3.63) is 23.9 Å². The minimum Gasteiger partial charge on any atom is -0.411 e. The zero-order valence-corrected chi connectivity index (χ0v) is 16.3. The van der Waals surface area contributed by atoms with E-state index in [1.807, 2.05) is 0 Å². The van der Waals surface area contributed by atoms with E-state index < -0.39 is 8.32 Å². The summed E-state index contributed by atoms with van der Waals surface area (Å²) in [5.74, 6) is 1.49. The molecule has 0 atom stereocenters. The van der Waals surface area contributed by atoms with Gasteiger partial charge in [0, 0.05) is 19.7 Å². The molecule has 0 radical (unpaired) electrons. The number of rotatable bonds is 5. The molecule has 0 amide bonds. The topological polar surface area (TPSA) is 45.6 Å². The van der Waals surface area contributed by atoms with Gasteiger partial charge in [-0.25, -0.2) is 4.98 Å². The Kier molecular flexibility index (Phi) is 5.87. The van der Waals surface area contributed by atoms with Gasteiger partial charge < -0.3 is 14.4 Å². The van der Waals surface area contributed by atoms with Crippen LogP contribution in [0, 0.1) is 5.92 Å². The minimum atomic E-state index is -1.74. The van der Waals surface area contributed by atoms with E-state index in [0.717, 1.165) is 37.4 Å². The predicted molar refractivity (Wildman–Crippen MR) is 98.2 cm³/mol. The summed E-state index contributed by atoms with van der Waals surface area (Å²) in [5, 5.41) is 9.48. The molecule has 0 saturated carbocycles.